The first-order valence-corrected chi connectivity index (χ1v) is 10.1. The van der Waals surface area contributed by atoms with E-state index >= 15 is 0 Å². The maximum Gasteiger partial charge on any atom is 0.274 e. The quantitative estimate of drug-likeness (QED) is 0.258. The summed E-state index contributed by atoms with van der Waals surface area (Å²) in [6.07, 6.45) is 3.26. The summed E-state index contributed by atoms with van der Waals surface area (Å²) in [7, 11) is 3.17. The highest BCUT2D eigenvalue weighted by atomic mass is 16.7. The van der Waals surface area contributed by atoms with Crippen LogP contribution in [0.25, 0.3) is 6.08 Å². The Morgan fingerprint density at radius 2 is 1.41 bits per heavy atom. The van der Waals surface area contributed by atoms with E-state index in [1.807, 2.05) is 42.5 Å². The number of anilines is 1. The molecule has 0 bridgehead atoms. The number of carbonyl (C=O) groups excluding carboxylic acids is 2. The number of Topliss-reactive ketones (excluding diaryl/α,β-unsaturated/α-hetero) is 1. The lowest BCUT2D eigenvalue weighted by Gasteiger charge is -2.20. The Morgan fingerprint density at radius 1 is 0.812 bits per heavy atom. The maximum atomic E-state index is 12.9. The van der Waals surface area contributed by atoms with Gasteiger partial charge in [-0.3, -0.25) is 14.4 Å². The normalized spacial score (nSPS) is 10.7. The van der Waals surface area contributed by atoms with Crippen molar-refractivity contribution in [1.82, 2.24) is 0 Å². The number of nitrogens with zero attached hydrogens (tertiary/aromatic N) is 1. The van der Waals surface area contributed by atoms with Crippen LogP contribution in [0.15, 0.2) is 84.9 Å². The van der Waals surface area contributed by atoms with Crippen LogP contribution in [0.4, 0.5) is 5.69 Å². The molecule has 3 rings (SSSR count). The summed E-state index contributed by atoms with van der Waals surface area (Å²) >= 11 is 0. The molecule has 0 N–H and O–H groups in total. The van der Waals surface area contributed by atoms with Crippen molar-refractivity contribution >= 4 is 23.5 Å². The summed E-state index contributed by atoms with van der Waals surface area (Å²) in [4.78, 5) is 31.0. The molecule has 6 nitrogen and oxygen atoms in total. The Hall–Kier alpha value is -3.90. The smallest absolute Gasteiger partial charge is 0.274 e. The van der Waals surface area contributed by atoms with Gasteiger partial charge in [0.25, 0.3) is 5.91 Å². The zero-order chi connectivity index (χ0) is 22.8. The van der Waals surface area contributed by atoms with E-state index in [4.69, 9.17) is 14.3 Å². The van der Waals surface area contributed by atoms with Gasteiger partial charge in [-0.05, 0) is 48.0 Å². The second-order valence-corrected chi connectivity index (χ2v) is 6.81. The number of hydrogen-bond donors (Lipinski definition) is 0. The number of hydroxylamine groups is 1. The van der Waals surface area contributed by atoms with Crippen LogP contribution >= 0.6 is 0 Å². The Kier molecular flexibility index (Phi) is 8.17. The first-order valence-electron chi connectivity index (χ1n) is 10.1. The first kappa shape index (κ1) is 22.8. The van der Waals surface area contributed by atoms with E-state index in [2.05, 4.69) is 0 Å². The predicted octanol–water partition coefficient (Wildman–Crippen LogP) is 4.95. The van der Waals surface area contributed by atoms with Gasteiger partial charge in [-0.1, -0.05) is 42.5 Å². The number of carbonyl (C=O) groups is 2. The average molecular weight is 431 g/mol. The van der Waals surface area contributed by atoms with Gasteiger partial charge in [0.05, 0.1) is 26.5 Å². The molecule has 1 amide bonds. The van der Waals surface area contributed by atoms with Crippen LogP contribution in [0.2, 0.25) is 0 Å². The molecule has 0 saturated heterocycles. The molecule has 0 spiro atoms. The molecule has 0 heterocycles. The molecular weight excluding hydrogens is 406 g/mol. The standard InChI is InChI=1S/C26H25NO5/c1-30-23-13-8-20(9-14-23)10-17-26(29)27(22-11-15-24(31-2)16-12-22)32-19-18-25(28)21-6-4-3-5-7-21/h3-17H,18-19H2,1-2H3/b17-10+. The molecule has 0 fully saturated rings. The minimum absolute atomic E-state index is 0.0542. The van der Waals surface area contributed by atoms with Gasteiger partial charge in [0.15, 0.2) is 5.78 Å². The molecule has 0 aliphatic rings. The van der Waals surface area contributed by atoms with E-state index in [0.717, 1.165) is 11.3 Å². The van der Waals surface area contributed by atoms with Gasteiger partial charge in [-0.15, -0.1) is 0 Å². The second-order valence-electron chi connectivity index (χ2n) is 6.81. The molecule has 0 radical (unpaired) electrons. The van der Waals surface area contributed by atoms with Gasteiger partial charge < -0.3 is 9.47 Å². The molecule has 0 aromatic heterocycles. The summed E-state index contributed by atoms with van der Waals surface area (Å²) in [6.45, 7) is 0.0574. The molecule has 0 saturated carbocycles. The largest absolute Gasteiger partial charge is 0.497 e. The van der Waals surface area contributed by atoms with E-state index in [9.17, 15) is 9.59 Å². The fourth-order valence-corrected chi connectivity index (χ4v) is 2.93. The molecule has 3 aromatic carbocycles. The van der Waals surface area contributed by atoms with Gasteiger partial charge >= 0.3 is 0 Å². The van der Waals surface area contributed by atoms with Gasteiger partial charge in [0.2, 0.25) is 0 Å². The van der Waals surface area contributed by atoms with Crippen molar-refractivity contribution in [2.75, 3.05) is 25.9 Å². The topological polar surface area (TPSA) is 65.1 Å². The van der Waals surface area contributed by atoms with Gasteiger partial charge in [0.1, 0.15) is 11.5 Å². The molecule has 0 aliphatic carbocycles. The summed E-state index contributed by atoms with van der Waals surface area (Å²) in [5, 5.41) is 1.18. The van der Waals surface area contributed by atoms with Crippen molar-refractivity contribution in [2.45, 2.75) is 6.42 Å². The van der Waals surface area contributed by atoms with E-state index in [-0.39, 0.29) is 24.7 Å². The summed E-state index contributed by atoms with van der Waals surface area (Å²) in [5.74, 6) is 0.966. The lowest BCUT2D eigenvalue weighted by Crippen LogP contribution is -2.30. The predicted molar refractivity (Wildman–Crippen MR) is 124 cm³/mol. The third-order valence-corrected chi connectivity index (χ3v) is 4.69. The number of amides is 1. The summed E-state index contributed by atoms with van der Waals surface area (Å²) in [5.41, 5.74) is 1.98. The highest BCUT2D eigenvalue weighted by Crippen LogP contribution is 2.21. The number of ketones is 1. The minimum Gasteiger partial charge on any atom is -0.497 e. The van der Waals surface area contributed by atoms with Crippen LogP contribution in [-0.4, -0.2) is 32.5 Å². The maximum absolute atomic E-state index is 12.9. The zero-order valence-electron chi connectivity index (χ0n) is 18.1. The molecule has 6 heteroatoms. The van der Waals surface area contributed by atoms with Crippen molar-refractivity contribution in [3.63, 3.8) is 0 Å². The number of methoxy groups -OCH3 is 2. The third kappa shape index (κ3) is 6.30. The molecule has 32 heavy (non-hydrogen) atoms. The molecule has 3 aromatic rings. The fraction of sp³-hybridized carbons (Fsp3) is 0.154. The van der Waals surface area contributed by atoms with Crippen LogP contribution in [-0.2, 0) is 9.63 Å². The Balaban J connectivity index is 1.71. The van der Waals surface area contributed by atoms with E-state index in [1.165, 1.54) is 11.1 Å². The van der Waals surface area contributed by atoms with Crippen molar-refractivity contribution in [2.24, 2.45) is 0 Å². The van der Waals surface area contributed by atoms with Gasteiger partial charge in [-0.25, -0.2) is 0 Å². The highest BCUT2D eigenvalue weighted by molar-refractivity contribution is 6.02. The Morgan fingerprint density at radius 3 is 2.00 bits per heavy atom. The molecular formula is C26H25NO5. The van der Waals surface area contributed by atoms with Crippen LogP contribution < -0.4 is 14.5 Å². The van der Waals surface area contributed by atoms with Crippen molar-refractivity contribution in [3.05, 3.63) is 96.1 Å². The molecule has 164 valence electrons. The van der Waals surface area contributed by atoms with E-state index in [1.54, 1.807) is 56.7 Å². The number of rotatable bonds is 10. The van der Waals surface area contributed by atoms with Crippen LogP contribution in [0, 0.1) is 0 Å². The minimum atomic E-state index is -0.377. The van der Waals surface area contributed by atoms with Crippen LogP contribution in [0.1, 0.15) is 22.3 Å². The Labute approximate surface area is 187 Å². The monoisotopic (exact) mass is 431 g/mol. The van der Waals surface area contributed by atoms with Crippen molar-refractivity contribution < 1.29 is 23.9 Å². The average Bonchev–Trinajstić information content (AvgIpc) is 2.86. The zero-order valence-corrected chi connectivity index (χ0v) is 18.1. The van der Waals surface area contributed by atoms with Crippen molar-refractivity contribution in [3.8, 4) is 11.5 Å². The van der Waals surface area contributed by atoms with Crippen LogP contribution in [0.3, 0.4) is 0 Å². The van der Waals surface area contributed by atoms with Crippen LogP contribution in [0.5, 0.6) is 11.5 Å². The summed E-state index contributed by atoms with van der Waals surface area (Å²) in [6, 6.07) is 23.2. The van der Waals surface area contributed by atoms with Crippen molar-refractivity contribution in [1.29, 1.82) is 0 Å². The SMILES string of the molecule is COc1ccc(/C=C/C(=O)N(OCCC(=O)c2ccccc2)c2ccc(OC)cc2)cc1. The van der Waals surface area contributed by atoms with E-state index < -0.39 is 0 Å². The molecule has 0 atom stereocenters. The lowest BCUT2D eigenvalue weighted by molar-refractivity contribution is -0.121. The second kappa shape index (κ2) is 11.5. The van der Waals surface area contributed by atoms with Gasteiger partial charge in [0, 0.05) is 18.1 Å². The molecule has 0 unspecified atom stereocenters. The molecule has 0 aliphatic heterocycles. The summed E-state index contributed by atoms with van der Waals surface area (Å²) < 4.78 is 10.3. The van der Waals surface area contributed by atoms with E-state index in [0.29, 0.717) is 17.0 Å². The lowest BCUT2D eigenvalue weighted by atomic mass is 10.1. The first-order chi connectivity index (χ1) is 15.6. The highest BCUT2D eigenvalue weighted by Gasteiger charge is 2.16. The number of hydrogen-bond acceptors (Lipinski definition) is 5. The van der Waals surface area contributed by atoms with Gasteiger partial charge in [-0.2, -0.15) is 5.06 Å². The number of ether oxygens (including phenoxy) is 2. The fourth-order valence-electron chi connectivity index (χ4n) is 2.93. The third-order valence-electron chi connectivity index (χ3n) is 4.69. The number of benzene rings is 3. The Bertz CT molecular complexity index is 1040.